The molecule has 1 aromatic heterocycles. The maximum Gasteiger partial charge on any atom is 0.267 e. The minimum atomic E-state index is -0.389. The number of thiazole rings is 1. The number of amides is 1. The second-order valence-electron chi connectivity index (χ2n) is 6.65. The summed E-state index contributed by atoms with van der Waals surface area (Å²) in [5, 5.41) is 13.5. The molecule has 4 N–H and O–H groups in total. The Labute approximate surface area is 129 Å². The molecular weight excluding hydrogens is 288 g/mol. The Morgan fingerprint density at radius 1 is 1.57 bits per heavy atom. The van der Waals surface area contributed by atoms with Crippen molar-refractivity contribution >= 4 is 28.2 Å². The Morgan fingerprint density at radius 2 is 2.24 bits per heavy atom. The highest BCUT2D eigenvalue weighted by Crippen LogP contribution is 2.30. The lowest BCUT2D eigenvalue weighted by Crippen LogP contribution is -2.30. The maximum absolute atomic E-state index is 12.5. The number of nitrogens with one attached hydrogen (secondary N) is 1. The van der Waals surface area contributed by atoms with Crippen LogP contribution in [0.3, 0.4) is 0 Å². The number of hydrogen-bond acceptors (Lipinski definition) is 6. The molecule has 1 aliphatic heterocycles. The van der Waals surface area contributed by atoms with E-state index < -0.39 is 0 Å². The standard InChI is InChI=1S/C14H24N4O2S/c1-8(19)9-5-6-18(7-9)12(20)10-11(15)16-13(21-10)17-14(2,3)4/h8-9,19H,5-7,15H2,1-4H3,(H,16,17). The van der Waals surface area contributed by atoms with Crippen LogP contribution in [0.5, 0.6) is 0 Å². The zero-order valence-corrected chi connectivity index (χ0v) is 13.8. The highest BCUT2D eigenvalue weighted by atomic mass is 32.1. The van der Waals surface area contributed by atoms with Gasteiger partial charge in [-0.3, -0.25) is 4.79 Å². The number of nitrogens with zero attached hydrogens (tertiary/aromatic N) is 2. The van der Waals surface area contributed by atoms with Crippen molar-refractivity contribution in [1.82, 2.24) is 9.88 Å². The molecule has 0 aliphatic carbocycles. The summed E-state index contributed by atoms with van der Waals surface area (Å²) in [4.78, 5) is 19.0. The van der Waals surface area contributed by atoms with Gasteiger partial charge in [-0.05, 0) is 34.1 Å². The van der Waals surface area contributed by atoms with Crippen LogP contribution in [0.4, 0.5) is 10.9 Å². The number of aliphatic hydroxyl groups excluding tert-OH is 1. The van der Waals surface area contributed by atoms with Crippen molar-refractivity contribution in [2.75, 3.05) is 24.1 Å². The third-order valence-corrected chi connectivity index (χ3v) is 4.50. The molecular formula is C14H24N4O2S. The predicted octanol–water partition coefficient (Wildman–Crippen LogP) is 1.78. The van der Waals surface area contributed by atoms with E-state index in [1.165, 1.54) is 11.3 Å². The Balaban J connectivity index is 2.10. The van der Waals surface area contributed by atoms with E-state index in [0.29, 0.717) is 23.1 Å². The van der Waals surface area contributed by atoms with Crippen LogP contribution < -0.4 is 11.1 Å². The molecule has 2 unspecified atom stereocenters. The van der Waals surface area contributed by atoms with E-state index in [0.717, 1.165) is 6.42 Å². The van der Waals surface area contributed by atoms with E-state index in [9.17, 15) is 9.90 Å². The summed E-state index contributed by atoms with van der Waals surface area (Å²) in [6.45, 7) is 9.09. The van der Waals surface area contributed by atoms with E-state index in [-0.39, 0.29) is 29.3 Å². The molecule has 1 fully saturated rings. The minimum Gasteiger partial charge on any atom is -0.393 e. The van der Waals surface area contributed by atoms with Crippen molar-refractivity contribution in [3.05, 3.63) is 4.88 Å². The van der Waals surface area contributed by atoms with Crippen molar-refractivity contribution in [2.24, 2.45) is 5.92 Å². The summed E-state index contributed by atoms with van der Waals surface area (Å²) in [6.07, 6.45) is 0.439. The first kappa shape index (κ1) is 16.0. The summed E-state index contributed by atoms with van der Waals surface area (Å²) in [5.74, 6) is 0.336. The predicted molar refractivity (Wildman–Crippen MR) is 85.6 cm³/mol. The van der Waals surface area contributed by atoms with Gasteiger partial charge in [0.2, 0.25) is 0 Å². The molecule has 1 saturated heterocycles. The van der Waals surface area contributed by atoms with Gasteiger partial charge in [0.1, 0.15) is 10.7 Å². The molecule has 21 heavy (non-hydrogen) atoms. The van der Waals surface area contributed by atoms with Gasteiger partial charge in [-0.2, -0.15) is 0 Å². The molecule has 7 heteroatoms. The molecule has 0 spiro atoms. The van der Waals surface area contributed by atoms with E-state index in [4.69, 9.17) is 5.73 Å². The monoisotopic (exact) mass is 312 g/mol. The van der Waals surface area contributed by atoms with Gasteiger partial charge in [-0.15, -0.1) is 0 Å². The van der Waals surface area contributed by atoms with Crippen LogP contribution in [0, 0.1) is 5.92 Å². The van der Waals surface area contributed by atoms with Crippen molar-refractivity contribution in [3.63, 3.8) is 0 Å². The van der Waals surface area contributed by atoms with Crippen LogP contribution in [-0.4, -0.2) is 45.6 Å². The van der Waals surface area contributed by atoms with E-state index in [1.54, 1.807) is 11.8 Å². The first-order chi connectivity index (χ1) is 9.67. The normalized spacial score (nSPS) is 20.6. The molecule has 0 saturated carbocycles. The summed E-state index contributed by atoms with van der Waals surface area (Å²) in [7, 11) is 0. The van der Waals surface area contributed by atoms with Crippen LogP contribution in [0.1, 0.15) is 43.8 Å². The number of nitrogens with two attached hydrogens (primary N) is 1. The van der Waals surface area contributed by atoms with Crippen LogP contribution >= 0.6 is 11.3 Å². The number of aromatic nitrogens is 1. The topological polar surface area (TPSA) is 91.5 Å². The number of carbonyl (C=O) groups is 1. The van der Waals surface area contributed by atoms with Crippen molar-refractivity contribution in [1.29, 1.82) is 0 Å². The molecule has 0 aromatic carbocycles. The Bertz CT molecular complexity index is 522. The zero-order chi connectivity index (χ0) is 15.8. The first-order valence-corrected chi connectivity index (χ1v) is 8.01. The number of anilines is 2. The summed E-state index contributed by atoms with van der Waals surface area (Å²) in [5.41, 5.74) is 5.76. The number of rotatable bonds is 3. The molecule has 6 nitrogen and oxygen atoms in total. The average Bonchev–Trinajstić information content (AvgIpc) is 2.93. The molecule has 0 radical (unpaired) electrons. The van der Waals surface area contributed by atoms with Crippen molar-refractivity contribution < 1.29 is 9.90 Å². The highest BCUT2D eigenvalue weighted by molar-refractivity contribution is 7.18. The van der Waals surface area contributed by atoms with Gasteiger partial charge in [0.15, 0.2) is 5.13 Å². The van der Waals surface area contributed by atoms with Crippen LogP contribution in [-0.2, 0) is 0 Å². The van der Waals surface area contributed by atoms with Gasteiger partial charge in [-0.1, -0.05) is 11.3 Å². The molecule has 118 valence electrons. The number of aliphatic hydroxyl groups is 1. The highest BCUT2D eigenvalue weighted by Gasteiger charge is 2.31. The van der Waals surface area contributed by atoms with Gasteiger partial charge in [0.05, 0.1) is 6.10 Å². The van der Waals surface area contributed by atoms with Gasteiger partial charge in [0.25, 0.3) is 5.91 Å². The number of carbonyl (C=O) groups excluding carboxylic acids is 1. The number of hydrogen-bond donors (Lipinski definition) is 3. The molecule has 2 heterocycles. The lowest BCUT2D eigenvalue weighted by Gasteiger charge is -2.19. The van der Waals surface area contributed by atoms with Crippen molar-refractivity contribution in [3.8, 4) is 0 Å². The molecule has 1 aliphatic rings. The molecule has 1 amide bonds. The third-order valence-electron chi connectivity index (χ3n) is 3.52. The SMILES string of the molecule is CC(O)C1CCN(C(=O)c2sc(NC(C)(C)C)nc2N)C1. The van der Waals surface area contributed by atoms with E-state index >= 15 is 0 Å². The number of likely N-dealkylation sites (tertiary alicyclic amines) is 1. The second kappa shape index (κ2) is 5.81. The quantitative estimate of drug-likeness (QED) is 0.791. The van der Waals surface area contributed by atoms with Crippen LogP contribution in [0.25, 0.3) is 0 Å². The fourth-order valence-corrected chi connectivity index (χ4v) is 3.43. The van der Waals surface area contributed by atoms with Crippen molar-refractivity contribution in [2.45, 2.75) is 45.8 Å². The average molecular weight is 312 g/mol. The Kier molecular flexibility index (Phi) is 4.43. The molecule has 2 atom stereocenters. The van der Waals surface area contributed by atoms with Crippen LogP contribution in [0.2, 0.25) is 0 Å². The van der Waals surface area contributed by atoms with Crippen LogP contribution in [0.15, 0.2) is 0 Å². The zero-order valence-electron chi connectivity index (χ0n) is 13.0. The summed E-state index contributed by atoms with van der Waals surface area (Å²) >= 11 is 1.29. The lowest BCUT2D eigenvalue weighted by molar-refractivity contribution is 0.0768. The first-order valence-electron chi connectivity index (χ1n) is 7.19. The largest absolute Gasteiger partial charge is 0.393 e. The third kappa shape index (κ3) is 3.85. The van der Waals surface area contributed by atoms with Gasteiger partial charge in [-0.25, -0.2) is 4.98 Å². The fraction of sp³-hybridized carbons (Fsp3) is 0.714. The summed E-state index contributed by atoms with van der Waals surface area (Å²) < 4.78 is 0. The molecule has 2 rings (SSSR count). The van der Waals surface area contributed by atoms with E-state index in [1.807, 2.05) is 20.8 Å². The van der Waals surface area contributed by atoms with E-state index in [2.05, 4.69) is 10.3 Å². The minimum absolute atomic E-state index is 0.0879. The van der Waals surface area contributed by atoms with Gasteiger partial charge in [0, 0.05) is 24.5 Å². The Hall–Kier alpha value is -1.34. The van der Waals surface area contributed by atoms with Gasteiger partial charge >= 0.3 is 0 Å². The Morgan fingerprint density at radius 3 is 2.76 bits per heavy atom. The number of nitrogen functional groups attached to an aromatic ring is 1. The molecule has 0 bridgehead atoms. The van der Waals surface area contributed by atoms with Gasteiger partial charge < -0.3 is 21.1 Å². The second-order valence-corrected chi connectivity index (χ2v) is 7.65. The summed E-state index contributed by atoms with van der Waals surface area (Å²) in [6, 6.07) is 0. The maximum atomic E-state index is 12.5. The smallest absolute Gasteiger partial charge is 0.267 e. The lowest BCUT2D eigenvalue weighted by atomic mass is 10.0. The molecule has 1 aromatic rings. The fourth-order valence-electron chi connectivity index (χ4n) is 2.37.